The van der Waals surface area contributed by atoms with Crippen molar-refractivity contribution in [1.82, 2.24) is 4.98 Å². The van der Waals surface area contributed by atoms with Crippen molar-refractivity contribution in [2.24, 2.45) is 23.7 Å². The van der Waals surface area contributed by atoms with E-state index in [-0.39, 0.29) is 35.0 Å². The van der Waals surface area contributed by atoms with Crippen LogP contribution in [0.1, 0.15) is 45.5 Å². The van der Waals surface area contributed by atoms with Crippen LogP contribution in [0.3, 0.4) is 0 Å². The Balaban J connectivity index is 1.20. The molecule has 0 N–H and O–H groups in total. The first-order valence-electron chi connectivity index (χ1n) is 14.4. The molecule has 7 nitrogen and oxygen atoms in total. The minimum absolute atomic E-state index is 0.0993. The Bertz CT molecular complexity index is 1870. The number of benzene rings is 3. The molecule has 4 aromatic rings. The molecular formula is C34H25BrCl2N2O5. The van der Waals surface area contributed by atoms with Crippen molar-refractivity contribution < 1.29 is 23.9 Å². The normalized spacial score (nSPS) is 22.1. The van der Waals surface area contributed by atoms with Gasteiger partial charge in [0.05, 0.1) is 39.3 Å². The Hall–Kier alpha value is -3.59. The highest BCUT2D eigenvalue weighted by Crippen LogP contribution is 2.56. The highest BCUT2D eigenvalue weighted by Gasteiger charge is 2.61. The zero-order chi connectivity index (χ0) is 30.9. The summed E-state index contributed by atoms with van der Waals surface area (Å²) in [6, 6.07) is 16.7. The minimum Gasteiger partial charge on any atom is -0.454 e. The third-order valence-electron chi connectivity index (χ3n) is 9.29. The molecule has 1 saturated heterocycles. The molecule has 2 saturated carbocycles. The number of Topliss-reactive ketones (excluding diaryl/α,β-unsaturated/α-hetero) is 1. The zero-order valence-corrected chi connectivity index (χ0v) is 26.6. The summed E-state index contributed by atoms with van der Waals surface area (Å²) in [4.78, 5) is 58.9. The van der Waals surface area contributed by atoms with E-state index in [1.165, 1.54) is 4.90 Å². The van der Waals surface area contributed by atoms with Crippen LogP contribution in [-0.4, -0.2) is 35.2 Å². The maximum absolute atomic E-state index is 13.4. The van der Waals surface area contributed by atoms with Gasteiger partial charge in [-0.15, -0.1) is 0 Å². The fourth-order valence-corrected chi connectivity index (χ4v) is 7.95. The maximum Gasteiger partial charge on any atom is 0.339 e. The number of carbonyl (C=O) groups is 4. The third-order valence-corrected chi connectivity index (χ3v) is 10.9. The van der Waals surface area contributed by atoms with Gasteiger partial charge in [0.1, 0.15) is 0 Å². The first-order chi connectivity index (χ1) is 21.1. The number of fused-ring (bicyclic) bond motifs is 6. The van der Waals surface area contributed by atoms with Gasteiger partial charge in [0.2, 0.25) is 11.8 Å². The van der Waals surface area contributed by atoms with Gasteiger partial charge in [0.15, 0.2) is 12.4 Å². The molecule has 2 heterocycles. The predicted octanol–water partition coefficient (Wildman–Crippen LogP) is 7.85. The molecule has 0 radical (unpaired) electrons. The average molecular weight is 692 g/mol. The molecule has 3 aliphatic rings. The number of esters is 1. The second-order valence-electron chi connectivity index (χ2n) is 11.7. The van der Waals surface area contributed by atoms with E-state index < -0.39 is 12.6 Å². The van der Waals surface area contributed by atoms with Crippen LogP contribution in [0.4, 0.5) is 5.69 Å². The second kappa shape index (κ2) is 11.1. The number of rotatable bonds is 6. The largest absolute Gasteiger partial charge is 0.454 e. The fourth-order valence-electron chi connectivity index (χ4n) is 7.15. The quantitative estimate of drug-likeness (QED) is 0.116. The molecule has 4 unspecified atom stereocenters. The van der Waals surface area contributed by atoms with Gasteiger partial charge >= 0.3 is 5.97 Å². The van der Waals surface area contributed by atoms with Gasteiger partial charge in [-0.2, -0.15) is 0 Å². The number of aryl methyl sites for hydroxylation is 1. The molecule has 7 rings (SSSR count). The van der Waals surface area contributed by atoms with Crippen LogP contribution in [0.25, 0.3) is 22.2 Å². The highest BCUT2D eigenvalue weighted by molar-refractivity contribution is 9.10. The lowest BCUT2D eigenvalue weighted by Crippen LogP contribution is -2.32. The molecule has 3 aromatic carbocycles. The van der Waals surface area contributed by atoms with Gasteiger partial charge in [-0.05, 0) is 108 Å². The van der Waals surface area contributed by atoms with E-state index in [9.17, 15) is 19.2 Å². The van der Waals surface area contributed by atoms with Gasteiger partial charge in [0.25, 0.3) is 0 Å². The molecule has 222 valence electrons. The molecule has 2 bridgehead atoms. The average Bonchev–Trinajstić information content (AvgIpc) is 3.72. The van der Waals surface area contributed by atoms with Crippen molar-refractivity contribution in [3.05, 3.63) is 91.9 Å². The Morgan fingerprint density at radius 2 is 1.59 bits per heavy atom. The summed E-state index contributed by atoms with van der Waals surface area (Å²) < 4.78 is 6.06. The van der Waals surface area contributed by atoms with Crippen molar-refractivity contribution in [2.75, 3.05) is 11.5 Å². The summed E-state index contributed by atoms with van der Waals surface area (Å²) in [5, 5.41) is 1.47. The molecule has 10 heteroatoms. The van der Waals surface area contributed by atoms with Crippen molar-refractivity contribution in [3.8, 4) is 11.3 Å². The molecule has 1 aliphatic heterocycles. The predicted molar refractivity (Wildman–Crippen MR) is 171 cm³/mol. The number of amides is 2. The standard InChI is InChI=1S/C34H25BrCl2N2O5/c1-16-30(37)25(35)13-23-24(34(43)44-15-27(40)18-4-8-21(36)9-5-18)14-26(38-31(16)23)17-6-10-22(11-7-17)39-32(41)28-19-2-3-20(12-19)29(28)33(39)42/h4-11,13-14,19-20,28-29H,2-3,12,15H2,1H3. The van der Waals surface area contributed by atoms with E-state index >= 15 is 0 Å². The van der Waals surface area contributed by atoms with Crippen LogP contribution < -0.4 is 4.90 Å². The van der Waals surface area contributed by atoms with Crippen LogP contribution in [0.15, 0.2) is 65.1 Å². The zero-order valence-electron chi connectivity index (χ0n) is 23.5. The highest BCUT2D eigenvalue weighted by atomic mass is 79.9. The number of imide groups is 1. The van der Waals surface area contributed by atoms with E-state index in [1.54, 1.807) is 60.7 Å². The summed E-state index contributed by atoms with van der Waals surface area (Å²) in [5.41, 5.74) is 3.42. The second-order valence-corrected chi connectivity index (χ2v) is 13.4. The monoisotopic (exact) mass is 690 g/mol. The van der Waals surface area contributed by atoms with Crippen LogP contribution in [0, 0.1) is 30.6 Å². The van der Waals surface area contributed by atoms with Crippen molar-refractivity contribution in [2.45, 2.75) is 26.2 Å². The number of nitrogens with zero attached hydrogens (tertiary/aromatic N) is 2. The van der Waals surface area contributed by atoms with Crippen LogP contribution in [-0.2, 0) is 14.3 Å². The Morgan fingerprint density at radius 1 is 0.955 bits per heavy atom. The fraction of sp³-hybridized carbons (Fsp3) is 0.265. The van der Waals surface area contributed by atoms with Crippen molar-refractivity contribution >= 4 is 79.3 Å². The number of hydrogen-bond donors (Lipinski definition) is 0. The van der Waals surface area contributed by atoms with E-state index in [4.69, 9.17) is 32.9 Å². The molecule has 2 amide bonds. The lowest BCUT2D eigenvalue weighted by atomic mass is 9.81. The first-order valence-corrected chi connectivity index (χ1v) is 15.9. The SMILES string of the molecule is Cc1c(Cl)c(Br)cc2c(C(=O)OCC(=O)c3ccc(Cl)cc3)cc(-c3ccc(N4C(=O)C5C6CCC(C6)C5C4=O)cc3)nc12. The third kappa shape index (κ3) is 4.75. The van der Waals surface area contributed by atoms with Crippen LogP contribution >= 0.6 is 39.1 Å². The topological polar surface area (TPSA) is 93.6 Å². The van der Waals surface area contributed by atoms with Crippen LogP contribution in [0.2, 0.25) is 10.0 Å². The van der Waals surface area contributed by atoms with Crippen molar-refractivity contribution in [1.29, 1.82) is 0 Å². The Morgan fingerprint density at radius 3 is 2.23 bits per heavy atom. The summed E-state index contributed by atoms with van der Waals surface area (Å²) >= 11 is 15.9. The van der Waals surface area contributed by atoms with Gasteiger partial charge in [0, 0.05) is 26.0 Å². The smallest absolute Gasteiger partial charge is 0.339 e. The van der Waals surface area contributed by atoms with E-state index in [0.29, 0.717) is 65.3 Å². The first kappa shape index (κ1) is 29.1. The van der Waals surface area contributed by atoms with E-state index in [0.717, 1.165) is 19.3 Å². The Labute approximate surface area is 271 Å². The number of pyridine rings is 1. The molecule has 2 aliphatic carbocycles. The van der Waals surface area contributed by atoms with Crippen LogP contribution in [0.5, 0.6) is 0 Å². The number of ether oxygens (including phenoxy) is 1. The van der Waals surface area contributed by atoms with Crippen molar-refractivity contribution in [3.63, 3.8) is 0 Å². The Kier molecular flexibility index (Phi) is 7.34. The number of hydrogen-bond acceptors (Lipinski definition) is 6. The molecular weight excluding hydrogens is 667 g/mol. The summed E-state index contributed by atoms with van der Waals surface area (Å²) in [6.07, 6.45) is 3.02. The lowest BCUT2D eigenvalue weighted by molar-refractivity contribution is -0.123. The molecule has 1 aromatic heterocycles. The number of ketones is 1. The molecule has 0 spiro atoms. The van der Waals surface area contributed by atoms with Gasteiger partial charge in [-0.3, -0.25) is 19.3 Å². The summed E-state index contributed by atoms with van der Waals surface area (Å²) in [5.74, 6) is -1.04. The summed E-state index contributed by atoms with van der Waals surface area (Å²) in [7, 11) is 0. The number of aromatic nitrogens is 1. The minimum atomic E-state index is -0.694. The number of anilines is 1. The number of carbonyl (C=O) groups excluding carboxylic acids is 4. The maximum atomic E-state index is 13.4. The molecule has 3 fully saturated rings. The van der Waals surface area contributed by atoms with E-state index in [1.807, 2.05) is 6.92 Å². The van der Waals surface area contributed by atoms with E-state index in [2.05, 4.69) is 15.9 Å². The summed E-state index contributed by atoms with van der Waals surface area (Å²) in [6.45, 7) is 1.35. The van der Waals surface area contributed by atoms with Gasteiger partial charge in [-0.25, -0.2) is 9.78 Å². The number of halogens is 3. The molecule has 4 atom stereocenters. The molecule has 44 heavy (non-hydrogen) atoms. The lowest BCUT2D eigenvalue weighted by Gasteiger charge is -2.19. The van der Waals surface area contributed by atoms with Gasteiger partial charge in [-0.1, -0.05) is 35.3 Å². The van der Waals surface area contributed by atoms with Gasteiger partial charge < -0.3 is 4.74 Å².